The lowest BCUT2D eigenvalue weighted by atomic mass is 9.87. The second kappa shape index (κ2) is 6.08. The Hall–Kier alpha value is -3.37. The molecule has 138 valence electrons. The number of fused-ring (bicyclic) bond motifs is 2. The highest BCUT2D eigenvalue weighted by atomic mass is 16.3. The first-order valence-corrected chi connectivity index (χ1v) is 9.35. The van der Waals surface area contributed by atoms with Gasteiger partial charge in [-0.25, -0.2) is 0 Å². The predicted molar refractivity (Wildman–Crippen MR) is 110 cm³/mol. The molecular formula is C24H20N2O2. The van der Waals surface area contributed by atoms with E-state index in [2.05, 4.69) is 4.98 Å². The SMILES string of the molecule is Cc1ccc(CN2C(=O)C(O)(c3c[nH]c4ccccc34)c3ccccc32)cc1. The van der Waals surface area contributed by atoms with Crippen LogP contribution in [0.25, 0.3) is 10.9 Å². The van der Waals surface area contributed by atoms with Gasteiger partial charge >= 0.3 is 0 Å². The molecule has 4 aromatic rings. The number of amides is 1. The molecule has 0 saturated heterocycles. The molecule has 0 spiro atoms. The molecule has 1 unspecified atom stereocenters. The summed E-state index contributed by atoms with van der Waals surface area (Å²) in [5, 5.41) is 12.6. The number of anilines is 1. The quantitative estimate of drug-likeness (QED) is 0.568. The topological polar surface area (TPSA) is 56.3 Å². The number of aromatic nitrogens is 1. The summed E-state index contributed by atoms with van der Waals surface area (Å²) in [5.74, 6) is -0.320. The van der Waals surface area contributed by atoms with Crippen molar-refractivity contribution in [2.45, 2.75) is 19.1 Å². The van der Waals surface area contributed by atoms with E-state index in [9.17, 15) is 9.90 Å². The van der Waals surface area contributed by atoms with Crippen molar-refractivity contribution in [3.63, 3.8) is 0 Å². The average molecular weight is 368 g/mol. The summed E-state index contributed by atoms with van der Waals surface area (Å²) in [6, 6.07) is 23.3. The Morgan fingerprint density at radius 3 is 2.46 bits per heavy atom. The number of nitrogens with zero attached hydrogens (tertiary/aromatic N) is 1. The lowest BCUT2D eigenvalue weighted by Crippen LogP contribution is -2.40. The summed E-state index contributed by atoms with van der Waals surface area (Å²) in [5.41, 5.74) is 3.35. The van der Waals surface area contributed by atoms with Crippen LogP contribution in [0, 0.1) is 6.92 Å². The highest BCUT2D eigenvalue weighted by Crippen LogP contribution is 2.46. The monoisotopic (exact) mass is 368 g/mol. The van der Waals surface area contributed by atoms with Crippen molar-refractivity contribution < 1.29 is 9.90 Å². The maximum Gasteiger partial charge on any atom is 0.268 e. The Kier molecular flexibility index (Phi) is 3.64. The number of hydrogen-bond acceptors (Lipinski definition) is 2. The summed E-state index contributed by atoms with van der Waals surface area (Å²) >= 11 is 0. The van der Waals surface area contributed by atoms with Crippen LogP contribution < -0.4 is 4.90 Å². The van der Waals surface area contributed by atoms with Crippen LogP contribution in [0.5, 0.6) is 0 Å². The molecular weight excluding hydrogens is 348 g/mol. The van der Waals surface area contributed by atoms with Crippen molar-refractivity contribution in [3.8, 4) is 0 Å². The van der Waals surface area contributed by atoms with Gasteiger partial charge in [-0.05, 0) is 24.6 Å². The summed E-state index contributed by atoms with van der Waals surface area (Å²) in [4.78, 5) is 18.4. The van der Waals surface area contributed by atoms with Gasteiger partial charge in [0.25, 0.3) is 5.91 Å². The first kappa shape index (κ1) is 16.8. The number of aliphatic hydroxyl groups is 1. The first-order chi connectivity index (χ1) is 13.6. The first-order valence-electron chi connectivity index (χ1n) is 9.35. The molecule has 1 aliphatic heterocycles. The molecule has 1 atom stereocenters. The lowest BCUT2D eigenvalue weighted by Gasteiger charge is -2.23. The number of aryl methyl sites for hydroxylation is 1. The third-order valence-electron chi connectivity index (χ3n) is 5.58. The number of nitrogens with one attached hydrogen (secondary N) is 1. The van der Waals surface area contributed by atoms with Gasteiger partial charge < -0.3 is 15.0 Å². The minimum absolute atomic E-state index is 0.320. The van der Waals surface area contributed by atoms with E-state index < -0.39 is 5.60 Å². The van der Waals surface area contributed by atoms with Crippen molar-refractivity contribution in [1.82, 2.24) is 4.98 Å². The van der Waals surface area contributed by atoms with Crippen LogP contribution in [0.1, 0.15) is 22.3 Å². The molecule has 1 aliphatic rings. The van der Waals surface area contributed by atoms with E-state index in [1.54, 1.807) is 11.1 Å². The molecule has 0 radical (unpaired) electrons. The van der Waals surface area contributed by atoms with Crippen LogP contribution in [0.2, 0.25) is 0 Å². The maximum atomic E-state index is 13.6. The van der Waals surface area contributed by atoms with Crippen molar-refractivity contribution >= 4 is 22.5 Å². The molecule has 1 amide bonds. The zero-order valence-corrected chi connectivity index (χ0v) is 15.5. The van der Waals surface area contributed by atoms with Gasteiger partial charge in [0.1, 0.15) is 0 Å². The minimum atomic E-state index is -1.71. The molecule has 28 heavy (non-hydrogen) atoms. The van der Waals surface area contributed by atoms with E-state index in [0.29, 0.717) is 17.7 Å². The van der Waals surface area contributed by atoms with Gasteiger partial charge in [0.2, 0.25) is 0 Å². The minimum Gasteiger partial charge on any atom is -0.372 e. The number of aromatic amines is 1. The highest BCUT2D eigenvalue weighted by Gasteiger charge is 2.51. The Balaban J connectivity index is 1.65. The molecule has 4 nitrogen and oxygen atoms in total. The van der Waals surface area contributed by atoms with Crippen LogP contribution in [0.4, 0.5) is 5.69 Å². The fraction of sp³-hybridized carbons (Fsp3) is 0.125. The van der Waals surface area contributed by atoms with Crippen LogP contribution >= 0.6 is 0 Å². The standard InChI is InChI=1S/C24H20N2O2/c1-16-10-12-17(13-11-16)15-26-22-9-5-3-7-19(22)24(28,23(26)27)20-14-25-21-8-4-2-6-18(20)21/h2-14,25,28H,15H2,1H3. The molecule has 2 N–H and O–H groups in total. The van der Waals surface area contributed by atoms with Crippen molar-refractivity contribution in [1.29, 1.82) is 0 Å². The molecule has 0 bridgehead atoms. The van der Waals surface area contributed by atoms with Gasteiger partial charge in [-0.3, -0.25) is 4.79 Å². The van der Waals surface area contributed by atoms with Crippen LogP contribution in [0.3, 0.4) is 0 Å². The summed E-state index contributed by atoms with van der Waals surface area (Å²) < 4.78 is 0. The van der Waals surface area contributed by atoms with Crippen LogP contribution in [0.15, 0.2) is 79.0 Å². The zero-order valence-electron chi connectivity index (χ0n) is 15.5. The molecule has 1 aromatic heterocycles. The fourth-order valence-electron chi connectivity index (χ4n) is 4.10. The number of para-hydroxylation sites is 2. The van der Waals surface area contributed by atoms with Crippen molar-refractivity contribution in [2.24, 2.45) is 0 Å². The molecule has 5 rings (SSSR count). The van der Waals surface area contributed by atoms with E-state index in [-0.39, 0.29) is 5.91 Å². The van der Waals surface area contributed by atoms with Gasteiger partial charge in [0, 0.05) is 28.2 Å². The Morgan fingerprint density at radius 1 is 0.929 bits per heavy atom. The molecule has 0 aliphatic carbocycles. The number of H-pyrrole nitrogens is 1. The molecule has 0 saturated carbocycles. The predicted octanol–water partition coefficient (Wildman–Crippen LogP) is 4.26. The van der Waals surface area contributed by atoms with Gasteiger partial charge in [-0.2, -0.15) is 0 Å². The number of carbonyl (C=O) groups excluding carboxylic acids is 1. The second-order valence-corrected chi connectivity index (χ2v) is 7.35. The van der Waals surface area contributed by atoms with Crippen molar-refractivity contribution in [3.05, 3.63) is 101 Å². The number of rotatable bonds is 3. The number of carbonyl (C=O) groups is 1. The highest BCUT2D eigenvalue weighted by molar-refractivity contribution is 6.11. The Labute approximate surface area is 163 Å². The third kappa shape index (κ3) is 2.31. The lowest BCUT2D eigenvalue weighted by molar-refractivity contribution is -0.132. The fourth-order valence-corrected chi connectivity index (χ4v) is 4.10. The van der Waals surface area contributed by atoms with E-state index in [1.165, 1.54) is 5.56 Å². The van der Waals surface area contributed by atoms with E-state index in [4.69, 9.17) is 0 Å². The van der Waals surface area contributed by atoms with Crippen LogP contribution in [-0.2, 0) is 16.9 Å². The third-order valence-corrected chi connectivity index (χ3v) is 5.58. The van der Waals surface area contributed by atoms with Gasteiger partial charge in [-0.15, -0.1) is 0 Å². The van der Waals surface area contributed by atoms with Gasteiger partial charge in [0.15, 0.2) is 5.60 Å². The van der Waals surface area contributed by atoms with Crippen molar-refractivity contribution in [2.75, 3.05) is 4.90 Å². The van der Waals surface area contributed by atoms with Crippen LogP contribution in [-0.4, -0.2) is 16.0 Å². The van der Waals surface area contributed by atoms with E-state index >= 15 is 0 Å². The summed E-state index contributed by atoms with van der Waals surface area (Å²) in [6.45, 7) is 2.46. The number of hydrogen-bond donors (Lipinski definition) is 2. The van der Waals surface area contributed by atoms with Gasteiger partial charge in [0.05, 0.1) is 12.2 Å². The smallest absolute Gasteiger partial charge is 0.268 e. The summed E-state index contributed by atoms with van der Waals surface area (Å²) in [7, 11) is 0. The normalized spacial score (nSPS) is 18.6. The molecule has 2 heterocycles. The van der Waals surface area contributed by atoms with E-state index in [1.807, 2.05) is 79.7 Å². The second-order valence-electron chi connectivity index (χ2n) is 7.35. The van der Waals surface area contributed by atoms with E-state index in [0.717, 1.165) is 22.2 Å². The molecule has 3 aromatic carbocycles. The number of benzene rings is 3. The Morgan fingerprint density at radius 2 is 1.64 bits per heavy atom. The molecule has 4 heteroatoms. The maximum absolute atomic E-state index is 13.6. The molecule has 0 fully saturated rings. The zero-order chi connectivity index (χ0) is 19.3. The Bertz CT molecular complexity index is 1190. The largest absolute Gasteiger partial charge is 0.372 e. The summed E-state index contributed by atoms with van der Waals surface area (Å²) in [6.07, 6.45) is 1.74. The van der Waals surface area contributed by atoms with Gasteiger partial charge in [-0.1, -0.05) is 66.2 Å². The average Bonchev–Trinajstić information content (AvgIpc) is 3.24.